The van der Waals surface area contributed by atoms with Crippen LogP contribution in [-0.4, -0.2) is 0 Å². The summed E-state index contributed by atoms with van der Waals surface area (Å²) >= 11 is 0. The first-order chi connectivity index (χ1) is 25.8. The Morgan fingerprint density at radius 2 is 0.906 bits per heavy atom. The predicted octanol–water partition coefficient (Wildman–Crippen LogP) is 13.9. The van der Waals surface area contributed by atoms with Gasteiger partial charge in [-0.05, 0) is 138 Å². The number of rotatable bonds is 5. The fourth-order valence-corrected chi connectivity index (χ4v) is 9.14. The SMILES string of the molecule is CC1(C)c2ccccc2-c2ccc(N(c3ccc(-c4ccc5ccccc5c4)c(-c4cc#ccc4)c3)c3ccc4c(c3)C(C)(C)c3ccccc3-4)cc21. The molecule has 0 saturated carbocycles. The van der Waals surface area contributed by atoms with Gasteiger partial charge in [0.2, 0.25) is 0 Å². The number of hydrogen-bond donors (Lipinski definition) is 0. The minimum absolute atomic E-state index is 0.114. The van der Waals surface area contributed by atoms with Crippen molar-refractivity contribution in [2.24, 2.45) is 0 Å². The molecule has 0 fully saturated rings. The topological polar surface area (TPSA) is 3.24 Å². The summed E-state index contributed by atoms with van der Waals surface area (Å²) in [5.41, 5.74) is 18.6. The summed E-state index contributed by atoms with van der Waals surface area (Å²) in [6, 6.07) is 66.8. The maximum atomic E-state index is 3.23. The second kappa shape index (κ2) is 11.6. The van der Waals surface area contributed by atoms with Crippen LogP contribution in [0.25, 0.3) is 55.3 Å². The third-order valence-corrected chi connectivity index (χ3v) is 11.9. The Balaban J connectivity index is 1.20. The second-order valence-corrected chi connectivity index (χ2v) is 15.6. The Bertz CT molecular complexity index is 2620. The summed E-state index contributed by atoms with van der Waals surface area (Å²) < 4.78 is 0. The maximum absolute atomic E-state index is 3.23. The molecule has 2 aliphatic carbocycles. The molecule has 0 aromatic heterocycles. The highest BCUT2D eigenvalue weighted by Crippen LogP contribution is 2.53. The average molecular weight is 678 g/mol. The molecule has 0 bridgehead atoms. The molecule has 8 aromatic rings. The van der Waals surface area contributed by atoms with Gasteiger partial charge in [-0.15, -0.1) is 0 Å². The highest BCUT2D eigenvalue weighted by atomic mass is 15.1. The molecule has 2 aliphatic rings. The lowest BCUT2D eigenvalue weighted by Gasteiger charge is -2.30. The number of anilines is 3. The van der Waals surface area contributed by atoms with E-state index < -0.39 is 0 Å². The minimum Gasteiger partial charge on any atom is -0.310 e. The molecule has 0 N–H and O–H groups in total. The molecular formula is C52H39N. The highest BCUT2D eigenvalue weighted by Gasteiger charge is 2.37. The zero-order chi connectivity index (χ0) is 35.9. The number of nitrogens with zero attached hydrogens (tertiary/aromatic N) is 1. The van der Waals surface area contributed by atoms with Crippen LogP contribution in [0.3, 0.4) is 0 Å². The van der Waals surface area contributed by atoms with Crippen LogP contribution < -0.4 is 4.90 Å². The van der Waals surface area contributed by atoms with Gasteiger partial charge in [0.15, 0.2) is 0 Å². The normalized spacial score (nSPS) is 14.2. The molecular weight excluding hydrogens is 639 g/mol. The Morgan fingerprint density at radius 1 is 0.377 bits per heavy atom. The van der Waals surface area contributed by atoms with Crippen LogP contribution in [0.1, 0.15) is 49.9 Å². The summed E-state index contributed by atoms with van der Waals surface area (Å²) in [5.74, 6) is 0. The van der Waals surface area contributed by atoms with Gasteiger partial charge in [-0.25, -0.2) is 0 Å². The molecule has 1 heteroatoms. The van der Waals surface area contributed by atoms with Crippen molar-refractivity contribution in [2.45, 2.75) is 38.5 Å². The zero-order valence-corrected chi connectivity index (χ0v) is 30.5. The predicted molar refractivity (Wildman–Crippen MR) is 222 cm³/mol. The smallest absolute Gasteiger partial charge is 0.0468 e. The van der Waals surface area contributed by atoms with E-state index in [-0.39, 0.29) is 10.8 Å². The largest absolute Gasteiger partial charge is 0.310 e. The lowest BCUT2D eigenvalue weighted by atomic mass is 9.82. The van der Waals surface area contributed by atoms with Crippen molar-refractivity contribution in [1.82, 2.24) is 0 Å². The quantitative estimate of drug-likeness (QED) is 0.175. The summed E-state index contributed by atoms with van der Waals surface area (Å²) in [5, 5.41) is 2.48. The van der Waals surface area contributed by atoms with Gasteiger partial charge in [-0.1, -0.05) is 143 Å². The van der Waals surface area contributed by atoms with Gasteiger partial charge in [0, 0.05) is 27.9 Å². The number of fused-ring (bicyclic) bond motifs is 7. The molecule has 0 aliphatic heterocycles. The van der Waals surface area contributed by atoms with Gasteiger partial charge in [0.25, 0.3) is 0 Å². The summed E-state index contributed by atoms with van der Waals surface area (Å²) in [6.07, 6.45) is 0. The number of benzene rings is 7. The van der Waals surface area contributed by atoms with Gasteiger partial charge in [-0.2, -0.15) is 0 Å². The van der Waals surface area contributed by atoms with E-state index in [1.807, 2.05) is 6.07 Å². The van der Waals surface area contributed by atoms with Crippen LogP contribution in [0.4, 0.5) is 17.1 Å². The Morgan fingerprint density at radius 3 is 1.51 bits per heavy atom. The van der Waals surface area contributed by atoms with Gasteiger partial charge in [0.1, 0.15) is 0 Å². The third kappa shape index (κ3) is 4.79. The molecule has 0 saturated heterocycles. The Hall–Kier alpha value is -6.36. The molecule has 252 valence electrons. The molecule has 0 amide bonds. The van der Waals surface area contributed by atoms with E-state index in [1.54, 1.807) is 0 Å². The van der Waals surface area contributed by atoms with Crippen LogP contribution in [0.2, 0.25) is 0 Å². The van der Waals surface area contributed by atoms with Crippen molar-refractivity contribution in [1.29, 1.82) is 0 Å². The first kappa shape index (κ1) is 31.4. The molecule has 0 radical (unpaired) electrons. The van der Waals surface area contributed by atoms with Crippen LogP contribution in [0, 0.1) is 12.1 Å². The Kier molecular flexibility index (Phi) is 6.85. The third-order valence-electron chi connectivity index (χ3n) is 11.9. The highest BCUT2D eigenvalue weighted by molar-refractivity contribution is 5.94. The summed E-state index contributed by atoms with van der Waals surface area (Å²) in [6.45, 7) is 9.45. The van der Waals surface area contributed by atoms with Crippen LogP contribution >= 0.6 is 0 Å². The molecule has 53 heavy (non-hydrogen) atoms. The van der Waals surface area contributed by atoms with E-state index in [4.69, 9.17) is 0 Å². The van der Waals surface area contributed by atoms with Crippen molar-refractivity contribution < 1.29 is 0 Å². The van der Waals surface area contributed by atoms with E-state index >= 15 is 0 Å². The molecule has 0 heterocycles. The van der Waals surface area contributed by atoms with Crippen LogP contribution in [-0.2, 0) is 10.8 Å². The lowest BCUT2D eigenvalue weighted by Crippen LogP contribution is -2.18. The monoisotopic (exact) mass is 677 g/mol. The molecule has 8 aromatic carbocycles. The average Bonchev–Trinajstić information content (AvgIpc) is 3.57. The van der Waals surface area contributed by atoms with Crippen molar-refractivity contribution in [3.05, 3.63) is 198 Å². The van der Waals surface area contributed by atoms with Crippen molar-refractivity contribution in [2.75, 3.05) is 4.90 Å². The van der Waals surface area contributed by atoms with E-state index in [1.165, 1.54) is 66.4 Å². The Labute approximate surface area is 312 Å². The van der Waals surface area contributed by atoms with Crippen LogP contribution in [0.5, 0.6) is 0 Å². The van der Waals surface area contributed by atoms with Crippen LogP contribution in [0.15, 0.2) is 164 Å². The maximum Gasteiger partial charge on any atom is 0.0468 e. The standard InChI is InChI=1S/C52H39N/c1-51(2)47-20-12-10-18-42(47)44-28-25-39(32-49(44)51)53(40-26-29-45-43-19-11-13-21-48(43)52(3,4)50(45)33-40)38-24-27-41(46(31-38)35-15-6-5-7-16-35)37-23-22-34-14-8-9-17-36(34)30-37/h6,8-33H,1-4H3. The van der Waals surface area contributed by atoms with E-state index in [2.05, 4.69) is 202 Å². The fourth-order valence-electron chi connectivity index (χ4n) is 9.14. The fraction of sp³-hybridized carbons (Fsp3) is 0.115. The molecule has 0 unspecified atom stereocenters. The lowest BCUT2D eigenvalue weighted by molar-refractivity contribution is 0.660. The van der Waals surface area contributed by atoms with Gasteiger partial charge in [0.05, 0.1) is 0 Å². The van der Waals surface area contributed by atoms with Gasteiger partial charge >= 0.3 is 0 Å². The van der Waals surface area contributed by atoms with E-state index in [0.29, 0.717) is 0 Å². The molecule has 0 spiro atoms. The van der Waals surface area contributed by atoms with E-state index in [9.17, 15) is 0 Å². The minimum atomic E-state index is -0.114. The summed E-state index contributed by atoms with van der Waals surface area (Å²) in [4.78, 5) is 2.46. The van der Waals surface area contributed by atoms with E-state index in [0.717, 1.165) is 28.2 Å². The second-order valence-electron chi connectivity index (χ2n) is 15.6. The van der Waals surface area contributed by atoms with Crippen molar-refractivity contribution in [3.8, 4) is 44.5 Å². The summed E-state index contributed by atoms with van der Waals surface area (Å²) in [7, 11) is 0. The van der Waals surface area contributed by atoms with Crippen molar-refractivity contribution >= 4 is 27.8 Å². The molecule has 1 nitrogen and oxygen atoms in total. The first-order valence-corrected chi connectivity index (χ1v) is 18.6. The van der Waals surface area contributed by atoms with Crippen molar-refractivity contribution in [3.63, 3.8) is 0 Å². The van der Waals surface area contributed by atoms with Gasteiger partial charge < -0.3 is 4.90 Å². The van der Waals surface area contributed by atoms with Gasteiger partial charge in [-0.3, -0.25) is 0 Å². The first-order valence-electron chi connectivity index (χ1n) is 18.6. The number of hydrogen-bond acceptors (Lipinski definition) is 1. The molecule has 10 rings (SSSR count). The zero-order valence-electron chi connectivity index (χ0n) is 30.5. The molecule has 0 atom stereocenters.